The van der Waals surface area contributed by atoms with Gasteiger partial charge in [0, 0.05) is 40.3 Å². The molecule has 2 aromatic heterocycles. The zero-order valence-corrected chi connectivity index (χ0v) is 16.3. The Bertz CT molecular complexity index is 1220. The highest BCUT2D eigenvalue weighted by Gasteiger charge is 2.12. The minimum Gasteiger partial charge on any atom is -0.497 e. The van der Waals surface area contributed by atoms with Crippen LogP contribution >= 0.6 is 11.6 Å². The van der Waals surface area contributed by atoms with Crippen molar-refractivity contribution in [2.45, 2.75) is 6.54 Å². The first-order chi connectivity index (χ1) is 14.2. The van der Waals surface area contributed by atoms with Gasteiger partial charge in [-0.2, -0.15) is 5.26 Å². The molecule has 2 aromatic carbocycles. The second kappa shape index (κ2) is 8.13. The molecule has 4 rings (SSSR count). The van der Waals surface area contributed by atoms with Crippen LogP contribution in [0.15, 0.2) is 60.9 Å². The highest BCUT2D eigenvalue weighted by atomic mass is 35.5. The van der Waals surface area contributed by atoms with Gasteiger partial charge in [-0.15, -0.1) is 10.2 Å². The smallest absolute Gasteiger partial charge is 0.156 e. The standard InChI is InChI=1S/C22H16ClN5O/c1-29-18-8-15(7-17(23)10-18)12-26-22-20-9-14(11-24)4-5-19(20)21(27-28-22)16-3-2-6-25-13-16/h2-10,13H,12H2,1H3,(H,26,28). The van der Waals surface area contributed by atoms with Crippen LogP contribution in [0.1, 0.15) is 11.1 Å². The molecule has 142 valence electrons. The lowest BCUT2D eigenvalue weighted by molar-refractivity contribution is 0.414. The van der Waals surface area contributed by atoms with Crippen molar-refractivity contribution in [1.82, 2.24) is 15.2 Å². The fraction of sp³-hybridized carbons (Fsp3) is 0.0909. The number of nitrogens with zero attached hydrogens (tertiary/aromatic N) is 4. The number of benzene rings is 2. The number of hydrogen-bond donors (Lipinski definition) is 1. The molecule has 0 fully saturated rings. The van der Waals surface area contributed by atoms with Crippen molar-refractivity contribution >= 4 is 28.2 Å². The molecule has 1 N–H and O–H groups in total. The van der Waals surface area contributed by atoms with E-state index in [-0.39, 0.29) is 0 Å². The molecule has 6 nitrogen and oxygen atoms in total. The molecule has 0 saturated heterocycles. The van der Waals surface area contributed by atoms with Crippen molar-refractivity contribution < 1.29 is 4.74 Å². The number of aromatic nitrogens is 3. The summed E-state index contributed by atoms with van der Waals surface area (Å²) in [6, 6.07) is 16.9. The van der Waals surface area contributed by atoms with Crippen LogP contribution in [0.2, 0.25) is 5.02 Å². The molecule has 0 spiro atoms. The number of fused-ring (bicyclic) bond motifs is 1. The quantitative estimate of drug-likeness (QED) is 0.515. The van der Waals surface area contributed by atoms with E-state index in [1.807, 2.05) is 36.4 Å². The summed E-state index contributed by atoms with van der Waals surface area (Å²) in [5, 5.41) is 23.7. The normalized spacial score (nSPS) is 10.5. The lowest BCUT2D eigenvalue weighted by Gasteiger charge is -2.12. The first-order valence-corrected chi connectivity index (χ1v) is 9.24. The second-order valence-electron chi connectivity index (χ2n) is 6.36. The van der Waals surface area contributed by atoms with E-state index < -0.39 is 0 Å². The van der Waals surface area contributed by atoms with Gasteiger partial charge in [0.15, 0.2) is 5.82 Å². The molecule has 4 aromatic rings. The maximum absolute atomic E-state index is 9.33. The third kappa shape index (κ3) is 3.96. The summed E-state index contributed by atoms with van der Waals surface area (Å²) in [6.45, 7) is 0.476. The van der Waals surface area contributed by atoms with Crippen LogP contribution in [0.5, 0.6) is 5.75 Å². The van der Waals surface area contributed by atoms with Gasteiger partial charge in [0.1, 0.15) is 11.4 Å². The maximum atomic E-state index is 9.33. The fourth-order valence-corrected chi connectivity index (χ4v) is 3.34. The van der Waals surface area contributed by atoms with Crippen molar-refractivity contribution in [3.63, 3.8) is 0 Å². The van der Waals surface area contributed by atoms with E-state index in [0.717, 1.165) is 21.9 Å². The van der Waals surface area contributed by atoms with Gasteiger partial charge in [-0.1, -0.05) is 17.7 Å². The Balaban J connectivity index is 1.75. The summed E-state index contributed by atoms with van der Waals surface area (Å²) < 4.78 is 5.27. The summed E-state index contributed by atoms with van der Waals surface area (Å²) >= 11 is 6.16. The number of pyridine rings is 1. The number of nitrogens with one attached hydrogen (secondary N) is 1. The first kappa shape index (κ1) is 18.7. The van der Waals surface area contributed by atoms with Gasteiger partial charge in [0.25, 0.3) is 0 Å². The summed E-state index contributed by atoms with van der Waals surface area (Å²) in [4.78, 5) is 4.16. The van der Waals surface area contributed by atoms with Gasteiger partial charge in [-0.25, -0.2) is 0 Å². The number of hydrogen-bond acceptors (Lipinski definition) is 6. The van der Waals surface area contributed by atoms with E-state index in [1.165, 1.54) is 0 Å². The van der Waals surface area contributed by atoms with Crippen LogP contribution in [0.3, 0.4) is 0 Å². The summed E-state index contributed by atoms with van der Waals surface area (Å²) in [6.07, 6.45) is 3.45. The van der Waals surface area contributed by atoms with Crippen LogP contribution in [0.4, 0.5) is 5.82 Å². The predicted molar refractivity (Wildman–Crippen MR) is 113 cm³/mol. The van der Waals surface area contributed by atoms with Gasteiger partial charge in [0.2, 0.25) is 0 Å². The van der Waals surface area contributed by atoms with E-state index in [4.69, 9.17) is 16.3 Å². The molecule has 0 aliphatic carbocycles. The van der Waals surface area contributed by atoms with Gasteiger partial charge >= 0.3 is 0 Å². The van der Waals surface area contributed by atoms with Crippen molar-refractivity contribution in [3.05, 3.63) is 77.1 Å². The Morgan fingerprint density at radius 1 is 1.10 bits per heavy atom. The molecule has 2 heterocycles. The van der Waals surface area contributed by atoms with E-state index in [2.05, 4.69) is 26.6 Å². The molecule has 0 amide bonds. The zero-order valence-electron chi connectivity index (χ0n) is 15.6. The van der Waals surface area contributed by atoms with Gasteiger partial charge in [-0.05, 0) is 48.0 Å². The lowest BCUT2D eigenvalue weighted by Crippen LogP contribution is -2.05. The number of ether oxygens (including phenoxy) is 1. The number of nitriles is 1. The van der Waals surface area contributed by atoms with Gasteiger partial charge < -0.3 is 10.1 Å². The molecular weight excluding hydrogens is 386 g/mol. The molecule has 0 radical (unpaired) electrons. The third-order valence-electron chi connectivity index (χ3n) is 4.47. The number of halogens is 1. The highest BCUT2D eigenvalue weighted by Crippen LogP contribution is 2.30. The van der Waals surface area contributed by atoms with Crippen molar-refractivity contribution in [3.8, 4) is 23.1 Å². The zero-order chi connectivity index (χ0) is 20.2. The molecule has 29 heavy (non-hydrogen) atoms. The fourth-order valence-electron chi connectivity index (χ4n) is 3.10. The van der Waals surface area contributed by atoms with E-state index in [9.17, 15) is 5.26 Å². The van der Waals surface area contributed by atoms with Crippen molar-refractivity contribution in [2.75, 3.05) is 12.4 Å². The molecule has 0 unspecified atom stereocenters. The Morgan fingerprint density at radius 2 is 2.00 bits per heavy atom. The molecule has 0 aliphatic rings. The maximum Gasteiger partial charge on any atom is 0.156 e. The Morgan fingerprint density at radius 3 is 2.76 bits per heavy atom. The van der Waals surface area contributed by atoms with E-state index >= 15 is 0 Å². The minimum absolute atomic E-state index is 0.476. The van der Waals surface area contributed by atoms with Crippen molar-refractivity contribution in [1.29, 1.82) is 5.26 Å². The molecular formula is C22H16ClN5O. The third-order valence-corrected chi connectivity index (χ3v) is 4.69. The topological polar surface area (TPSA) is 83.7 Å². The summed E-state index contributed by atoms with van der Waals surface area (Å²) in [5.74, 6) is 1.27. The van der Waals surface area contributed by atoms with E-state index in [1.54, 1.807) is 31.6 Å². The molecule has 0 bridgehead atoms. The second-order valence-corrected chi connectivity index (χ2v) is 6.80. The molecule has 7 heteroatoms. The van der Waals surface area contributed by atoms with Gasteiger partial charge in [0.05, 0.1) is 18.7 Å². The van der Waals surface area contributed by atoms with Crippen LogP contribution in [0.25, 0.3) is 22.0 Å². The Hall–Kier alpha value is -3.69. The van der Waals surface area contributed by atoms with Crippen LogP contribution < -0.4 is 10.1 Å². The van der Waals surface area contributed by atoms with Crippen molar-refractivity contribution in [2.24, 2.45) is 0 Å². The van der Waals surface area contributed by atoms with Crippen LogP contribution in [-0.2, 0) is 6.54 Å². The molecule has 0 atom stereocenters. The van der Waals surface area contributed by atoms with Gasteiger partial charge in [-0.3, -0.25) is 4.98 Å². The van der Waals surface area contributed by atoms with Crippen LogP contribution in [0, 0.1) is 11.3 Å². The molecule has 0 saturated carbocycles. The predicted octanol–water partition coefficient (Wildman–Crippen LogP) is 4.84. The Kier molecular flexibility index (Phi) is 5.23. The van der Waals surface area contributed by atoms with E-state index in [0.29, 0.717) is 34.4 Å². The average Bonchev–Trinajstić information content (AvgIpc) is 2.77. The average molecular weight is 402 g/mol. The highest BCUT2D eigenvalue weighted by molar-refractivity contribution is 6.30. The van der Waals surface area contributed by atoms with Crippen LogP contribution in [-0.4, -0.2) is 22.3 Å². The number of rotatable bonds is 5. The summed E-state index contributed by atoms with van der Waals surface area (Å²) in [5.41, 5.74) is 3.07. The molecule has 0 aliphatic heterocycles. The number of anilines is 1. The minimum atomic E-state index is 0.476. The number of methoxy groups -OCH3 is 1. The monoisotopic (exact) mass is 401 g/mol. The summed E-state index contributed by atoms with van der Waals surface area (Å²) in [7, 11) is 1.60. The largest absolute Gasteiger partial charge is 0.497 e. The lowest BCUT2D eigenvalue weighted by atomic mass is 10.0. The first-order valence-electron chi connectivity index (χ1n) is 8.86. The SMILES string of the molecule is COc1cc(Cl)cc(CNc2nnc(-c3cccnc3)c3ccc(C#N)cc23)c1. The Labute approximate surface area is 172 Å².